The fraction of sp³-hybridized carbons (Fsp3) is 0.611. The maximum Gasteiger partial charge on any atom is 0.416 e. The van der Waals surface area contributed by atoms with Gasteiger partial charge in [-0.3, -0.25) is 9.69 Å². The Morgan fingerprint density at radius 3 is 2.44 bits per heavy atom. The standard InChI is InChI=1S/C18H23F3N2O2/c19-18(20,21)15-5-1-12(2-6-15)9-23-8-7-14(11-24)16(10-23)22-17(25)13-3-4-13/h1-2,5-6,13-14,16,24H,3-4,7-11H2,(H,22,25)/t14-,16-/m1/s1. The van der Waals surface area contributed by atoms with Gasteiger partial charge in [0.15, 0.2) is 0 Å². The van der Waals surface area contributed by atoms with Crippen LogP contribution in [0, 0.1) is 11.8 Å². The van der Waals surface area contributed by atoms with E-state index in [9.17, 15) is 23.1 Å². The number of halogens is 3. The summed E-state index contributed by atoms with van der Waals surface area (Å²) in [4.78, 5) is 14.1. The normalized spacial score (nSPS) is 25.0. The molecule has 25 heavy (non-hydrogen) atoms. The number of carbonyl (C=O) groups is 1. The van der Waals surface area contributed by atoms with E-state index in [-0.39, 0.29) is 30.4 Å². The van der Waals surface area contributed by atoms with Crippen molar-refractivity contribution < 1.29 is 23.1 Å². The van der Waals surface area contributed by atoms with Crippen LogP contribution in [0.4, 0.5) is 13.2 Å². The smallest absolute Gasteiger partial charge is 0.396 e. The number of nitrogens with zero attached hydrogens (tertiary/aromatic N) is 1. The van der Waals surface area contributed by atoms with Crippen molar-refractivity contribution in [2.24, 2.45) is 11.8 Å². The van der Waals surface area contributed by atoms with E-state index in [4.69, 9.17) is 0 Å². The van der Waals surface area contributed by atoms with Gasteiger partial charge in [0.05, 0.1) is 5.56 Å². The molecule has 1 saturated carbocycles. The number of hydrogen-bond acceptors (Lipinski definition) is 3. The molecule has 0 bridgehead atoms. The summed E-state index contributed by atoms with van der Waals surface area (Å²) in [5, 5.41) is 12.6. The van der Waals surface area contributed by atoms with Gasteiger partial charge >= 0.3 is 6.18 Å². The number of carbonyl (C=O) groups excluding carboxylic acids is 1. The SMILES string of the molecule is O=C(N[C@@H]1CN(Cc2ccc(C(F)(F)F)cc2)CC[C@@H]1CO)C1CC1. The lowest BCUT2D eigenvalue weighted by atomic mass is 9.91. The van der Waals surface area contributed by atoms with Gasteiger partial charge in [0, 0.05) is 37.6 Å². The van der Waals surface area contributed by atoms with E-state index in [1.165, 1.54) is 12.1 Å². The Hall–Kier alpha value is -1.60. The molecule has 2 fully saturated rings. The second-order valence-corrected chi connectivity index (χ2v) is 7.05. The number of piperidine rings is 1. The number of rotatable bonds is 5. The first-order chi connectivity index (χ1) is 11.9. The summed E-state index contributed by atoms with van der Waals surface area (Å²) in [6.07, 6.45) is -1.71. The second-order valence-electron chi connectivity index (χ2n) is 7.05. The van der Waals surface area contributed by atoms with Gasteiger partial charge in [0.1, 0.15) is 0 Å². The Morgan fingerprint density at radius 1 is 1.20 bits per heavy atom. The highest BCUT2D eigenvalue weighted by Crippen LogP contribution is 2.31. The van der Waals surface area contributed by atoms with Crippen molar-refractivity contribution in [3.8, 4) is 0 Å². The minimum absolute atomic E-state index is 0.0315. The van der Waals surface area contributed by atoms with Crippen LogP contribution in [0.5, 0.6) is 0 Å². The Balaban J connectivity index is 1.59. The van der Waals surface area contributed by atoms with Crippen LogP contribution in [-0.4, -0.2) is 41.7 Å². The number of benzene rings is 1. The molecule has 138 valence electrons. The predicted molar refractivity (Wildman–Crippen MR) is 86.6 cm³/mol. The van der Waals surface area contributed by atoms with Crippen LogP contribution >= 0.6 is 0 Å². The van der Waals surface area contributed by atoms with Crippen molar-refractivity contribution >= 4 is 5.91 Å². The summed E-state index contributed by atoms with van der Waals surface area (Å²) >= 11 is 0. The van der Waals surface area contributed by atoms with E-state index in [1.54, 1.807) is 0 Å². The Labute approximate surface area is 145 Å². The lowest BCUT2D eigenvalue weighted by molar-refractivity contribution is -0.137. The molecule has 3 rings (SSSR count). The van der Waals surface area contributed by atoms with Crippen molar-refractivity contribution in [3.63, 3.8) is 0 Å². The molecule has 2 atom stereocenters. The van der Waals surface area contributed by atoms with Crippen LogP contribution in [0.2, 0.25) is 0 Å². The number of aliphatic hydroxyl groups excluding tert-OH is 1. The second kappa shape index (κ2) is 7.33. The molecule has 4 nitrogen and oxygen atoms in total. The maximum atomic E-state index is 12.6. The number of likely N-dealkylation sites (tertiary alicyclic amines) is 1. The van der Waals surface area contributed by atoms with E-state index in [0.717, 1.165) is 43.5 Å². The third-order valence-corrected chi connectivity index (χ3v) is 5.04. The zero-order valence-corrected chi connectivity index (χ0v) is 13.9. The van der Waals surface area contributed by atoms with E-state index in [1.807, 2.05) is 0 Å². The van der Waals surface area contributed by atoms with Gasteiger partial charge in [-0.1, -0.05) is 12.1 Å². The highest BCUT2D eigenvalue weighted by atomic mass is 19.4. The quantitative estimate of drug-likeness (QED) is 0.852. The van der Waals surface area contributed by atoms with Gasteiger partial charge in [0.25, 0.3) is 0 Å². The van der Waals surface area contributed by atoms with Gasteiger partial charge in [0.2, 0.25) is 5.91 Å². The number of nitrogens with one attached hydrogen (secondary N) is 1. The summed E-state index contributed by atoms with van der Waals surface area (Å²) < 4.78 is 37.9. The summed E-state index contributed by atoms with van der Waals surface area (Å²) in [5.41, 5.74) is 0.160. The lowest BCUT2D eigenvalue weighted by Crippen LogP contribution is -2.53. The first kappa shape index (κ1) is 18.2. The molecule has 0 spiro atoms. The van der Waals surface area contributed by atoms with E-state index < -0.39 is 11.7 Å². The molecule has 1 aliphatic carbocycles. The molecule has 0 aromatic heterocycles. The first-order valence-corrected chi connectivity index (χ1v) is 8.66. The predicted octanol–water partition coefficient (Wildman–Crippen LogP) is 2.41. The summed E-state index contributed by atoms with van der Waals surface area (Å²) in [5.74, 6) is 0.205. The molecule has 2 N–H and O–H groups in total. The van der Waals surface area contributed by atoms with Crippen LogP contribution < -0.4 is 5.32 Å². The fourth-order valence-electron chi connectivity index (χ4n) is 3.30. The molecule has 7 heteroatoms. The lowest BCUT2D eigenvalue weighted by Gasteiger charge is -2.38. The summed E-state index contributed by atoms with van der Waals surface area (Å²) in [6, 6.07) is 5.09. The molecule has 0 radical (unpaired) electrons. The Morgan fingerprint density at radius 2 is 1.88 bits per heavy atom. The highest BCUT2D eigenvalue weighted by molar-refractivity contribution is 5.81. The van der Waals surface area contributed by atoms with Gasteiger partial charge < -0.3 is 10.4 Å². The number of amides is 1. The third-order valence-electron chi connectivity index (χ3n) is 5.04. The average molecular weight is 356 g/mol. The minimum Gasteiger partial charge on any atom is -0.396 e. The minimum atomic E-state index is -4.32. The van der Waals surface area contributed by atoms with Crippen LogP contribution in [0.25, 0.3) is 0 Å². The zero-order valence-electron chi connectivity index (χ0n) is 13.9. The number of alkyl halides is 3. The maximum absolute atomic E-state index is 12.6. The molecular weight excluding hydrogens is 333 g/mol. The fourth-order valence-corrected chi connectivity index (χ4v) is 3.30. The first-order valence-electron chi connectivity index (χ1n) is 8.66. The highest BCUT2D eigenvalue weighted by Gasteiger charge is 2.35. The molecule has 1 aromatic rings. The summed E-state index contributed by atoms with van der Waals surface area (Å²) in [6.45, 7) is 1.92. The van der Waals surface area contributed by atoms with Gasteiger partial charge in [-0.05, 0) is 43.5 Å². The van der Waals surface area contributed by atoms with Crippen LogP contribution in [0.15, 0.2) is 24.3 Å². The number of hydrogen-bond donors (Lipinski definition) is 2. The Kier molecular flexibility index (Phi) is 5.34. The van der Waals surface area contributed by atoms with E-state index in [0.29, 0.717) is 13.1 Å². The van der Waals surface area contributed by atoms with Gasteiger partial charge in [-0.25, -0.2) is 0 Å². The van der Waals surface area contributed by atoms with Gasteiger partial charge in [-0.2, -0.15) is 13.2 Å². The van der Waals surface area contributed by atoms with E-state index >= 15 is 0 Å². The van der Waals surface area contributed by atoms with Crippen LogP contribution in [0.3, 0.4) is 0 Å². The van der Waals surface area contributed by atoms with Crippen molar-refractivity contribution in [2.45, 2.75) is 38.0 Å². The van der Waals surface area contributed by atoms with Gasteiger partial charge in [-0.15, -0.1) is 0 Å². The average Bonchev–Trinajstić information content (AvgIpc) is 3.40. The third kappa shape index (κ3) is 4.73. The van der Waals surface area contributed by atoms with Crippen molar-refractivity contribution in [2.75, 3.05) is 19.7 Å². The zero-order chi connectivity index (χ0) is 18.0. The molecule has 1 heterocycles. The van der Waals surface area contributed by atoms with Crippen molar-refractivity contribution in [1.82, 2.24) is 10.2 Å². The Bertz CT molecular complexity index is 599. The molecule has 1 aromatic carbocycles. The molecule has 1 amide bonds. The molecular formula is C18H23F3N2O2. The molecule has 0 unspecified atom stereocenters. The topological polar surface area (TPSA) is 52.6 Å². The number of aliphatic hydroxyl groups is 1. The molecule has 2 aliphatic rings. The van der Waals surface area contributed by atoms with Crippen LogP contribution in [0.1, 0.15) is 30.4 Å². The summed E-state index contributed by atoms with van der Waals surface area (Å²) in [7, 11) is 0. The van der Waals surface area contributed by atoms with Crippen LogP contribution in [-0.2, 0) is 17.5 Å². The van der Waals surface area contributed by atoms with E-state index in [2.05, 4.69) is 10.2 Å². The monoisotopic (exact) mass is 356 g/mol. The molecule has 1 saturated heterocycles. The van der Waals surface area contributed by atoms with Crippen molar-refractivity contribution in [3.05, 3.63) is 35.4 Å². The van der Waals surface area contributed by atoms with Crippen molar-refractivity contribution in [1.29, 1.82) is 0 Å². The largest absolute Gasteiger partial charge is 0.416 e. The molecule has 1 aliphatic heterocycles.